The molecule has 0 aliphatic heterocycles. The number of hydrogen-bond donors (Lipinski definition) is 1. The van der Waals surface area contributed by atoms with Crippen molar-refractivity contribution >= 4 is 15.9 Å². The zero-order valence-corrected chi connectivity index (χ0v) is 9.44. The molecule has 78 valence electrons. The van der Waals surface area contributed by atoms with Crippen LogP contribution < -0.4 is 5.73 Å². The van der Waals surface area contributed by atoms with Crippen LogP contribution in [0.5, 0.6) is 0 Å². The van der Waals surface area contributed by atoms with Crippen molar-refractivity contribution in [2.45, 2.75) is 6.42 Å². The maximum Gasteiger partial charge on any atom is 0.259 e. The Morgan fingerprint density at radius 3 is 3.00 bits per heavy atom. The largest absolute Gasteiger partial charge is 0.334 e. The van der Waals surface area contributed by atoms with Crippen LogP contribution in [0.1, 0.15) is 5.82 Å². The topological polar surface area (TPSA) is 77.8 Å². The molecule has 15 heavy (non-hydrogen) atoms. The Balaban J connectivity index is 2.29. The van der Waals surface area contributed by atoms with Gasteiger partial charge in [0.25, 0.3) is 5.89 Å². The standard InChI is InChI=1S/C9H9BrN4O/c10-7-3-6(4-12-5-7)9-13-8(1-2-11)14-15-9/h3-5H,1-2,11H2. The van der Waals surface area contributed by atoms with Crippen LogP contribution in [-0.4, -0.2) is 21.7 Å². The van der Waals surface area contributed by atoms with Crippen LogP contribution in [-0.2, 0) is 6.42 Å². The van der Waals surface area contributed by atoms with Crippen molar-refractivity contribution in [1.82, 2.24) is 15.1 Å². The van der Waals surface area contributed by atoms with E-state index in [0.29, 0.717) is 24.7 Å². The molecule has 2 aromatic rings. The molecule has 0 aromatic carbocycles. The number of nitrogens with two attached hydrogens (primary N) is 1. The number of halogens is 1. The van der Waals surface area contributed by atoms with Gasteiger partial charge < -0.3 is 10.3 Å². The van der Waals surface area contributed by atoms with Crippen molar-refractivity contribution in [3.8, 4) is 11.5 Å². The Morgan fingerprint density at radius 1 is 1.40 bits per heavy atom. The van der Waals surface area contributed by atoms with Crippen molar-refractivity contribution in [2.75, 3.05) is 6.54 Å². The molecule has 2 rings (SSSR count). The summed E-state index contributed by atoms with van der Waals surface area (Å²) in [5.41, 5.74) is 6.18. The van der Waals surface area contributed by atoms with E-state index in [1.54, 1.807) is 12.4 Å². The predicted octanol–water partition coefficient (Wildman–Crippen LogP) is 1.40. The summed E-state index contributed by atoms with van der Waals surface area (Å²) in [5, 5.41) is 3.80. The van der Waals surface area contributed by atoms with Crippen molar-refractivity contribution < 1.29 is 4.52 Å². The summed E-state index contributed by atoms with van der Waals surface area (Å²) >= 11 is 3.32. The summed E-state index contributed by atoms with van der Waals surface area (Å²) in [5.74, 6) is 1.08. The minimum absolute atomic E-state index is 0.465. The molecule has 0 saturated carbocycles. The third-order valence-corrected chi connectivity index (χ3v) is 2.22. The monoisotopic (exact) mass is 268 g/mol. The first-order chi connectivity index (χ1) is 7.29. The van der Waals surface area contributed by atoms with Crippen LogP contribution in [0.4, 0.5) is 0 Å². The van der Waals surface area contributed by atoms with Gasteiger partial charge in [-0.05, 0) is 28.5 Å². The van der Waals surface area contributed by atoms with Crippen molar-refractivity contribution in [1.29, 1.82) is 0 Å². The smallest absolute Gasteiger partial charge is 0.259 e. The molecule has 2 N–H and O–H groups in total. The summed E-state index contributed by atoms with van der Waals surface area (Å²) in [6.45, 7) is 0.510. The predicted molar refractivity (Wildman–Crippen MR) is 58.0 cm³/mol. The number of hydrogen-bond acceptors (Lipinski definition) is 5. The van der Waals surface area contributed by atoms with E-state index in [9.17, 15) is 0 Å². The highest BCUT2D eigenvalue weighted by Gasteiger charge is 2.08. The number of nitrogens with zero attached hydrogens (tertiary/aromatic N) is 3. The Hall–Kier alpha value is -1.27. The molecule has 6 heteroatoms. The van der Waals surface area contributed by atoms with Crippen LogP contribution in [0.2, 0.25) is 0 Å². The highest BCUT2D eigenvalue weighted by atomic mass is 79.9. The zero-order chi connectivity index (χ0) is 10.7. The van der Waals surface area contributed by atoms with E-state index in [4.69, 9.17) is 10.3 Å². The molecule has 0 aliphatic rings. The second kappa shape index (κ2) is 4.50. The second-order valence-corrected chi connectivity index (χ2v) is 3.86. The molecule has 0 atom stereocenters. The number of pyridine rings is 1. The molecular weight excluding hydrogens is 260 g/mol. The quantitative estimate of drug-likeness (QED) is 0.911. The molecule has 0 spiro atoms. The van der Waals surface area contributed by atoms with Crippen LogP contribution in [0.25, 0.3) is 11.5 Å². The van der Waals surface area contributed by atoms with E-state index >= 15 is 0 Å². The van der Waals surface area contributed by atoms with E-state index in [1.807, 2.05) is 6.07 Å². The average molecular weight is 269 g/mol. The minimum Gasteiger partial charge on any atom is -0.334 e. The molecule has 0 bridgehead atoms. The molecule has 0 saturated heterocycles. The first-order valence-corrected chi connectivity index (χ1v) is 5.22. The molecule has 0 amide bonds. The van der Waals surface area contributed by atoms with E-state index < -0.39 is 0 Å². The second-order valence-electron chi connectivity index (χ2n) is 2.95. The molecule has 5 nitrogen and oxygen atoms in total. The van der Waals surface area contributed by atoms with Gasteiger partial charge in [0.15, 0.2) is 5.82 Å². The molecule has 0 radical (unpaired) electrons. The summed E-state index contributed by atoms with van der Waals surface area (Å²) in [4.78, 5) is 8.21. The van der Waals surface area contributed by atoms with Crippen LogP contribution in [0, 0.1) is 0 Å². The van der Waals surface area contributed by atoms with Gasteiger partial charge in [0.1, 0.15) is 0 Å². The van der Waals surface area contributed by atoms with E-state index in [-0.39, 0.29) is 0 Å². The third kappa shape index (κ3) is 2.40. The van der Waals surface area contributed by atoms with E-state index in [2.05, 4.69) is 31.1 Å². The zero-order valence-electron chi connectivity index (χ0n) is 7.85. The molecule has 0 aliphatic carbocycles. The fourth-order valence-electron chi connectivity index (χ4n) is 1.13. The average Bonchev–Trinajstić information content (AvgIpc) is 2.67. The van der Waals surface area contributed by atoms with Crippen molar-refractivity contribution in [2.24, 2.45) is 5.73 Å². The third-order valence-electron chi connectivity index (χ3n) is 1.79. The highest BCUT2D eigenvalue weighted by molar-refractivity contribution is 9.10. The van der Waals surface area contributed by atoms with Gasteiger partial charge in [-0.25, -0.2) is 0 Å². The molecule has 2 heterocycles. The fourth-order valence-corrected chi connectivity index (χ4v) is 1.50. The first kappa shape index (κ1) is 10.3. The normalized spacial score (nSPS) is 10.5. The van der Waals surface area contributed by atoms with Gasteiger partial charge in [0.05, 0.1) is 5.56 Å². The molecular formula is C9H9BrN4O. The Labute approximate surface area is 94.8 Å². The van der Waals surface area contributed by atoms with Gasteiger partial charge in [-0.1, -0.05) is 5.16 Å². The Kier molecular flexibility index (Phi) is 3.08. The van der Waals surface area contributed by atoms with Crippen LogP contribution in [0.15, 0.2) is 27.5 Å². The molecule has 2 aromatic heterocycles. The Morgan fingerprint density at radius 2 is 2.27 bits per heavy atom. The van der Waals surface area contributed by atoms with E-state index in [1.165, 1.54) is 0 Å². The van der Waals surface area contributed by atoms with Gasteiger partial charge >= 0.3 is 0 Å². The van der Waals surface area contributed by atoms with E-state index in [0.717, 1.165) is 10.0 Å². The molecule has 0 fully saturated rings. The Bertz CT molecular complexity index is 457. The summed E-state index contributed by atoms with van der Waals surface area (Å²) in [6.07, 6.45) is 3.98. The van der Waals surface area contributed by atoms with Gasteiger partial charge in [0.2, 0.25) is 0 Å². The van der Waals surface area contributed by atoms with Crippen molar-refractivity contribution in [3.63, 3.8) is 0 Å². The van der Waals surface area contributed by atoms with Gasteiger partial charge in [-0.15, -0.1) is 0 Å². The fraction of sp³-hybridized carbons (Fsp3) is 0.222. The summed E-state index contributed by atoms with van der Waals surface area (Å²) < 4.78 is 5.95. The lowest BCUT2D eigenvalue weighted by Crippen LogP contribution is -2.03. The maximum absolute atomic E-state index is 5.39. The molecule has 0 unspecified atom stereocenters. The van der Waals surface area contributed by atoms with Gasteiger partial charge in [0, 0.05) is 23.3 Å². The minimum atomic E-state index is 0.465. The van der Waals surface area contributed by atoms with Crippen molar-refractivity contribution in [3.05, 3.63) is 28.8 Å². The first-order valence-electron chi connectivity index (χ1n) is 4.43. The number of aromatic nitrogens is 3. The van der Waals surface area contributed by atoms with Crippen LogP contribution in [0.3, 0.4) is 0 Å². The lowest BCUT2D eigenvalue weighted by Gasteiger charge is -1.93. The summed E-state index contributed by atoms with van der Waals surface area (Å²) in [6, 6.07) is 1.87. The number of rotatable bonds is 3. The lowest BCUT2D eigenvalue weighted by atomic mass is 10.3. The van der Waals surface area contributed by atoms with Gasteiger partial charge in [-0.2, -0.15) is 4.98 Å². The van der Waals surface area contributed by atoms with Gasteiger partial charge in [-0.3, -0.25) is 4.98 Å². The maximum atomic E-state index is 5.39. The lowest BCUT2D eigenvalue weighted by molar-refractivity contribution is 0.422. The van der Waals surface area contributed by atoms with Crippen LogP contribution >= 0.6 is 15.9 Å². The highest BCUT2D eigenvalue weighted by Crippen LogP contribution is 2.19. The summed E-state index contributed by atoms with van der Waals surface area (Å²) in [7, 11) is 0. The SMILES string of the molecule is NCCc1noc(-c2cncc(Br)c2)n1.